The number of para-hydroxylation sites is 1. The van der Waals surface area contributed by atoms with Crippen LogP contribution in [0.1, 0.15) is 0 Å². The predicted octanol–water partition coefficient (Wildman–Crippen LogP) is 10.9. The summed E-state index contributed by atoms with van der Waals surface area (Å²) in [6, 6.07) is 49.6. The molecule has 0 unspecified atom stereocenters. The van der Waals surface area contributed by atoms with Crippen LogP contribution in [0.3, 0.4) is 0 Å². The van der Waals surface area contributed by atoms with Gasteiger partial charge in [0.1, 0.15) is 11.2 Å². The second-order valence-electron chi connectivity index (χ2n) is 10.6. The molecule has 0 radical (unpaired) electrons. The van der Waals surface area contributed by atoms with E-state index in [2.05, 4.69) is 101 Å². The van der Waals surface area contributed by atoms with Crippen molar-refractivity contribution >= 4 is 37.9 Å². The highest BCUT2D eigenvalue weighted by molar-refractivity contribution is 9.10. The zero-order valence-corrected chi connectivity index (χ0v) is 25.1. The van der Waals surface area contributed by atoms with Gasteiger partial charge in [0, 0.05) is 26.4 Å². The van der Waals surface area contributed by atoms with Crippen LogP contribution in [0.25, 0.3) is 78.4 Å². The van der Waals surface area contributed by atoms with Crippen LogP contribution in [0.5, 0.6) is 0 Å². The van der Waals surface area contributed by atoms with Gasteiger partial charge in [-0.1, -0.05) is 125 Å². The molecule has 0 aliphatic rings. The van der Waals surface area contributed by atoms with Crippen LogP contribution < -0.4 is 0 Å². The topological polar surface area (TPSA) is 51.8 Å². The van der Waals surface area contributed by atoms with Crippen LogP contribution in [0.2, 0.25) is 0 Å². The van der Waals surface area contributed by atoms with Gasteiger partial charge in [0.2, 0.25) is 0 Å². The van der Waals surface area contributed by atoms with Crippen molar-refractivity contribution in [3.63, 3.8) is 0 Å². The summed E-state index contributed by atoms with van der Waals surface area (Å²) in [5.74, 6) is 1.76. The number of benzene rings is 6. The third-order valence-corrected chi connectivity index (χ3v) is 8.28. The average Bonchev–Trinajstić information content (AvgIpc) is 3.47. The third kappa shape index (κ3) is 4.87. The fraction of sp³-hybridized carbons (Fsp3) is 0. The van der Waals surface area contributed by atoms with E-state index in [-0.39, 0.29) is 0 Å². The molecule has 0 spiro atoms. The SMILES string of the molecule is Brc1ccc2oc3c(-c4nc(-c5cccc(-c6ccccc6)c5)nc(-c5cccc(-c6ccccc6)c5)n4)cccc3c2c1. The summed E-state index contributed by atoms with van der Waals surface area (Å²) in [6.07, 6.45) is 0. The lowest BCUT2D eigenvalue weighted by atomic mass is 10.0. The van der Waals surface area contributed by atoms with Gasteiger partial charge in [0.15, 0.2) is 17.5 Å². The molecule has 4 nitrogen and oxygen atoms in total. The van der Waals surface area contributed by atoms with Crippen LogP contribution >= 0.6 is 15.9 Å². The van der Waals surface area contributed by atoms with E-state index in [9.17, 15) is 0 Å². The Kier molecular flexibility index (Phi) is 6.58. The molecule has 0 aliphatic heterocycles. The Morgan fingerprint density at radius 1 is 0.409 bits per heavy atom. The minimum absolute atomic E-state index is 0.559. The smallest absolute Gasteiger partial charge is 0.167 e. The highest BCUT2D eigenvalue weighted by atomic mass is 79.9. The number of fused-ring (bicyclic) bond motifs is 3. The predicted molar refractivity (Wildman–Crippen MR) is 182 cm³/mol. The van der Waals surface area contributed by atoms with E-state index in [0.29, 0.717) is 17.5 Å². The maximum absolute atomic E-state index is 6.42. The van der Waals surface area contributed by atoms with E-state index in [1.165, 1.54) is 0 Å². The van der Waals surface area contributed by atoms with Gasteiger partial charge in [-0.15, -0.1) is 0 Å². The van der Waals surface area contributed by atoms with Crippen molar-refractivity contribution in [2.75, 3.05) is 0 Å². The first-order valence-corrected chi connectivity index (χ1v) is 15.2. The van der Waals surface area contributed by atoms with Crippen molar-refractivity contribution in [2.24, 2.45) is 0 Å². The van der Waals surface area contributed by atoms with Crippen LogP contribution in [0.4, 0.5) is 0 Å². The van der Waals surface area contributed by atoms with Gasteiger partial charge in [-0.05, 0) is 58.7 Å². The zero-order chi connectivity index (χ0) is 29.5. The number of aromatic nitrogens is 3. The van der Waals surface area contributed by atoms with Crippen molar-refractivity contribution in [2.45, 2.75) is 0 Å². The molecule has 44 heavy (non-hydrogen) atoms. The number of nitrogens with zero attached hydrogens (tertiary/aromatic N) is 3. The first kappa shape index (κ1) is 26.3. The van der Waals surface area contributed by atoms with E-state index < -0.39 is 0 Å². The highest BCUT2D eigenvalue weighted by Crippen LogP contribution is 2.37. The molecule has 5 heteroatoms. The molecule has 2 aromatic heterocycles. The quantitative estimate of drug-likeness (QED) is 0.190. The van der Waals surface area contributed by atoms with Crippen LogP contribution in [0.15, 0.2) is 154 Å². The summed E-state index contributed by atoms with van der Waals surface area (Å²) in [5, 5.41) is 2.05. The highest BCUT2D eigenvalue weighted by Gasteiger charge is 2.18. The second kappa shape index (κ2) is 11.0. The Morgan fingerprint density at radius 3 is 1.55 bits per heavy atom. The van der Waals surface area contributed by atoms with Gasteiger partial charge < -0.3 is 4.42 Å². The van der Waals surface area contributed by atoms with Crippen LogP contribution in [0, 0.1) is 0 Å². The summed E-state index contributed by atoms with van der Waals surface area (Å²) >= 11 is 3.61. The Labute approximate surface area is 262 Å². The van der Waals surface area contributed by atoms with Gasteiger partial charge in [0.05, 0.1) is 5.56 Å². The maximum Gasteiger partial charge on any atom is 0.167 e. The molecule has 8 aromatic rings. The summed E-state index contributed by atoms with van der Waals surface area (Å²) in [4.78, 5) is 15.2. The van der Waals surface area contributed by atoms with Crippen molar-refractivity contribution in [3.05, 3.63) is 150 Å². The van der Waals surface area contributed by atoms with Crippen LogP contribution in [-0.4, -0.2) is 15.0 Å². The lowest BCUT2D eigenvalue weighted by molar-refractivity contribution is 0.669. The van der Waals surface area contributed by atoms with Crippen molar-refractivity contribution < 1.29 is 4.42 Å². The minimum atomic E-state index is 0.559. The number of halogens is 1. The van der Waals surface area contributed by atoms with Crippen molar-refractivity contribution in [3.8, 4) is 56.4 Å². The Bertz CT molecular complexity index is 2190. The molecule has 0 aliphatic carbocycles. The van der Waals surface area contributed by atoms with Gasteiger partial charge in [-0.2, -0.15) is 0 Å². The monoisotopic (exact) mass is 629 g/mol. The standard InChI is InChI=1S/C39H24BrN3O/c40-31-20-21-35-34(24-31)32-18-9-19-33(36(32)44-35)39-42-37(29-16-7-14-27(22-29)25-10-3-1-4-11-25)41-38(43-39)30-17-8-15-28(23-30)26-12-5-2-6-13-26/h1-24H. The Hall–Kier alpha value is -5.39. The van der Waals surface area contributed by atoms with Gasteiger partial charge in [-0.25, -0.2) is 15.0 Å². The molecule has 0 fully saturated rings. The molecular weight excluding hydrogens is 606 g/mol. The van der Waals surface area contributed by atoms with Crippen LogP contribution in [-0.2, 0) is 0 Å². The molecule has 6 aromatic carbocycles. The number of rotatable bonds is 5. The maximum atomic E-state index is 6.42. The van der Waals surface area contributed by atoms with Crippen molar-refractivity contribution in [1.29, 1.82) is 0 Å². The molecule has 0 atom stereocenters. The van der Waals surface area contributed by atoms with Crippen molar-refractivity contribution in [1.82, 2.24) is 15.0 Å². The fourth-order valence-electron chi connectivity index (χ4n) is 5.64. The van der Waals surface area contributed by atoms with E-state index in [1.54, 1.807) is 0 Å². The molecular formula is C39H24BrN3O. The Morgan fingerprint density at radius 2 is 0.932 bits per heavy atom. The summed E-state index contributed by atoms with van der Waals surface area (Å²) in [5.41, 5.74) is 8.68. The minimum Gasteiger partial charge on any atom is -0.455 e. The molecule has 2 heterocycles. The van der Waals surface area contributed by atoms with Gasteiger partial charge in [0.25, 0.3) is 0 Å². The molecule has 0 N–H and O–H groups in total. The normalized spacial score (nSPS) is 11.3. The Balaban J connectivity index is 1.34. The first-order chi connectivity index (χ1) is 21.7. The largest absolute Gasteiger partial charge is 0.455 e. The number of hydrogen-bond donors (Lipinski definition) is 0. The lowest BCUT2D eigenvalue weighted by Crippen LogP contribution is -2.00. The van der Waals surface area contributed by atoms with E-state index in [1.807, 2.05) is 60.7 Å². The van der Waals surface area contributed by atoms with E-state index in [4.69, 9.17) is 19.4 Å². The molecule has 0 saturated heterocycles. The van der Waals surface area contributed by atoms with Gasteiger partial charge in [-0.3, -0.25) is 0 Å². The lowest BCUT2D eigenvalue weighted by Gasteiger charge is -2.11. The first-order valence-electron chi connectivity index (χ1n) is 14.4. The second-order valence-corrected chi connectivity index (χ2v) is 11.5. The fourth-order valence-corrected chi connectivity index (χ4v) is 6.00. The van der Waals surface area contributed by atoms with Gasteiger partial charge >= 0.3 is 0 Å². The molecule has 8 rings (SSSR count). The van der Waals surface area contributed by atoms with E-state index >= 15 is 0 Å². The summed E-state index contributed by atoms with van der Waals surface area (Å²) < 4.78 is 7.42. The number of hydrogen-bond acceptors (Lipinski definition) is 4. The number of furan rings is 1. The third-order valence-electron chi connectivity index (χ3n) is 7.79. The molecule has 0 saturated carbocycles. The van der Waals surface area contributed by atoms with E-state index in [0.717, 1.165) is 65.4 Å². The average molecular weight is 631 g/mol. The summed E-state index contributed by atoms with van der Waals surface area (Å²) in [7, 11) is 0. The zero-order valence-electron chi connectivity index (χ0n) is 23.5. The molecule has 0 bridgehead atoms. The molecule has 0 amide bonds. The molecule has 208 valence electrons. The summed E-state index contributed by atoms with van der Waals surface area (Å²) in [6.45, 7) is 0.